The summed E-state index contributed by atoms with van der Waals surface area (Å²) in [7, 11) is 1.51. The zero-order valence-corrected chi connectivity index (χ0v) is 7.23. The lowest BCUT2D eigenvalue weighted by Crippen LogP contribution is -1.77. The summed E-state index contributed by atoms with van der Waals surface area (Å²) in [6.45, 7) is 0. The smallest absolute Gasteiger partial charge is 0.134 e. The molecule has 2 aromatic rings. The van der Waals surface area contributed by atoms with E-state index in [2.05, 4.69) is 9.99 Å². The topological polar surface area (TPSA) is 34.7 Å². The van der Waals surface area contributed by atoms with E-state index < -0.39 is 0 Å². The number of hydrogen-bond acceptors (Lipinski definition) is 3. The summed E-state index contributed by atoms with van der Waals surface area (Å²) < 4.78 is 5.30. The summed E-state index contributed by atoms with van der Waals surface area (Å²) in [5, 5.41) is 4.72. The molecule has 0 saturated carbocycles. The molecule has 3 heteroatoms. The van der Waals surface area contributed by atoms with Crippen molar-refractivity contribution in [1.82, 2.24) is 0 Å². The summed E-state index contributed by atoms with van der Waals surface area (Å²) in [6.07, 6.45) is 3.29. The van der Waals surface area contributed by atoms with Gasteiger partial charge in [-0.3, -0.25) is 0 Å². The Morgan fingerprint density at radius 3 is 3.08 bits per heavy atom. The molecule has 0 bridgehead atoms. The summed E-state index contributed by atoms with van der Waals surface area (Å²) in [5.41, 5.74) is 1.79. The number of nitrogens with zero attached hydrogens (tertiary/aromatic N) is 1. The van der Waals surface area contributed by atoms with Crippen molar-refractivity contribution in [2.75, 3.05) is 7.11 Å². The fourth-order valence-corrected chi connectivity index (χ4v) is 1.21. The van der Waals surface area contributed by atoms with Crippen LogP contribution >= 0.6 is 0 Å². The van der Waals surface area contributed by atoms with Crippen LogP contribution in [0, 0.1) is 0 Å². The minimum atomic E-state index is 0.861. The quantitative estimate of drug-likeness (QED) is 0.519. The normalized spacial score (nSPS) is 11.2. The predicted molar refractivity (Wildman–Crippen MR) is 50.8 cm³/mol. The average Bonchev–Trinajstić information content (AvgIpc) is 2.58. The van der Waals surface area contributed by atoms with Crippen molar-refractivity contribution in [3.63, 3.8) is 0 Å². The van der Waals surface area contributed by atoms with Crippen LogP contribution in [0.2, 0.25) is 0 Å². The first-order valence-corrected chi connectivity index (χ1v) is 3.94. The average molecular weight is 175 g/mol. The van der Waals surface area contributed by atoms with Crippen LogP contribution in [0.3, 0.4) is 0 Å². The SMILES string of the molecule is CO/N=C/c1coc2ccccc12. The number of benzene rings is 1. The van der Waals surface area contributed by atoms with Gasteiger partial charge in [0.25, 0.3) is 0 Å². The number of oxime groups is 1. The molecule has 0 unspecified atom stereocenters. The van der Waals surface area contributed by atoms with Crippen LogP contribution in [0.4, 0.5) is 0 Å². The largest absolute Gasteiger partial charge is 0.464 e. The highest BCUT2D eigenvalue weighted by atomic mass is 16.6. The molecule has 1 aromatic heterocycles. The third-order valence-electron chi connectivity index (χ3n) is 1.81. The standard InChI is InChI=1S/C10H9NO2/c1-12-11-6-8-7-13-10-5-3-2-4-9(8)10/h2-7H,1H3/b11-6+. The van der Waals surface area contributed by atoms with Gasteiger partial charge in [-0.15, -0.1) is 0 Å². The molecule has 1 heterocycles. The molecule has 0 atom stereocenters. The summed E-state index contributed by atoms with van der Waals surface area (Å²) in [6, 6.07) is 7.79. The van der Waals surface area contributed by atoms with Gasteiger partial charge in [0.2, 0.25) is 0 Å². The highest BCUT2D eigenvalue weighted by Crippen LogP contribution is 2.18. The lowest BCUT2D eigenvalue weighted by Gasteiger charge is -1.87. The lowest BCUT2D eigenvalue weighted by atomic mass is 10.2. The number of furan rings is 1. The number of hydrogen-bond donors (Lipinski definition) is 0. The molecule has 0 aliphatic heterocycles. The Labute approximate surface area is 75.6 Å². The van der Waals surface area contributed by atoms with E-state index in [9.17, 15) is 0 Å². The second-order valence-corrected chi connectivity index (χ2v) is 2.60. The molecular weight excluding hydrogens is 166 g/mol. The van der Waals surface area contributed by atoms with E-state index in [0.717, 1.165) is 16.5 Å². The van der Waals surface area contributed by atoms with Gasteiger partial charge < -0.3 is 9.25 Å². The minimum Gasteiger partial charge on any atom is -0.464 e. The third-order valence-corrected chi connectivity index (χ3v) is 1.81. The van der Waals surface area contributed by atoms with Gasteiger partial charge in [0.15, 0.2) is 0 Å². The van der Waals surface area contributed by atoms with Crippen LogP contribution in [-0.4, -0.2) is 13.3 Å². The Kier molecular flexibility index (Phi) is 2.00. The molecule has 13 heavy (non-hydrogen) atoms. The van der Waals surface area contributed by atoms with E-state index in [1.54, 1.807) is 12.5 Å². The number of fused-ring (bicyclic) bond motifs is 1. The van der Waals surface area contributed by atoms with E-state index in [0.29, 0.717) is 0 Å². The van der Waals surface area contributed by atoms with Gasteiger partial charge in [0.1, 0.15) is 19.0 Å². The predicted octanol–water partition coefficient (Wildman–Crippen LogP) is 2.41. The Bertz CT molecular complexity index is 431. The molecule has 0 amide bonds. The second-order valence-electron chi connectivity index (χ2n) is 2.60. The molecule has 3 nitrogen and oxygen atoms in total. The molecule has 0 fully saturated rings. The summed E-state index contributed by atoms with van der Waals surface area (Å²) in [5.74, 6) is 0. The van der Waals surface area contributed by atoms with Crippen LogP contribution < -0.4 is 0 Å². The first-order valence-electron chi connectivity index (χ1n) is 3.94. The number of para-hydroxylation sites is 1. The van der Waals surface area contributed by atoms with E-state index in [4.69, 9.17) is 4.42 Å². The Morgan fingerprint density at radius 1 is 1.38 bits per heavy atom. The highest BCUT2D eigenvalue weighted by molar-refractivity contribution is 5.97. The van der Waals surface area contributed by atoms with Crippen LogP contribution in [-0.2, 0) is 4.84 Å². The van der Waals surface area contributed by atoms with Gasteiger partial charge in [-0.05, 0) is 6.07 Å². The van der Waals surface area contributed by atoms with E-state index >= 15 is 0 Å². The maximum absolute atomic E-state index is 5.30. The van der Waals surface area contributed by atoms with Gasteiger partial charge in [-0.1, -0.05) is 23.4 Å². The maximum atomic E-state index is 5.30. The summed E-state index contributed by atoms with van der Waals surface area (Å²) >= 11 is 0. The van der Waals surface area contributed by atoms with Crippen LogP contribution in [0.1, 0.15) is 5.56 Å². The first-order chi connectivity index (χ1) is 6.42. The molecule has 0 N–H and O–H groups in total. The van der Waals surface area contributed by atoms with Gasteiger partial charge in [0, 0.05) is 10.9 Å². The molecule has 0 aliphatic carbocycles. The first kappa shape index (κ1) is 7.86. The molecule has 0 saturated heterocycles. The van der Waals surface area contributed by atoms with E-state index in [1.165, 1.54) is 7.11 Å². The van der Waals surface area contributed by atoms with Crippen molar-refractivity contribution in [3.05, 3.63) is 36.1 Å². The van der Waals surface area contributed by atoms with Crippen molar-refractivity contribution in [2.45, 2.75) is 0 Å². The molecule has 0 radical (unpaired) electrons. The fourth-order valence-electron chi connectivity index (χ4n) is 1.21. The molecule has 2 rings (SSSR count). The van der Waals surface area contributed by atoms with Crippen LogP contribution in [0.15, 0.2) is 40.1 Å². The van der Waals surface area contributed by atoms with Gasteiger partial charge in [-0.25, -0.2) is 0 Å². The Morgan fingerprint density at radius 2 is 2.23 bits per heavy atom. The van der Waals surface area contributed by atoms with E-state index in [1.807, 2.05) is 24.3 Å². The van der Waals surface area contributed by atoms with Gasteiger partial charge in [-0.2, -0.15) is 0 Å². The monoisotopic (exact) mass is 175 g/mol. The third kappa shape index (κ3) is 1.40. The van der Waals surface area contributed by atoms with Gasteiger partial charge >= 0.3 is 0 Å². The van der Waals surface area contributed by atoms with Gasteiger partial charge in [0.05, 0.1) is 6.21 Å². The van der Waals surface area contributed by atoms with Crippen LogP contribution in [0.5, 0.6) is 0 Å². The Hall–Kier alpha value is -1.77. The second kappa shape index (κ2) is 3.31. The number of rotatable bonds is 2. The lowest BCUT2D eigenvalue weighted by molar-refractivity contribution is 0.215. The molecule has 0 aliphatic rings. The molecular formula is C10H9NO2. The zero-order valence-electron chi connectivity index (χ0n) is 7.23. The van der Waals surface area contributed by atoms with Crippen molar-refractivity contribution in [1.29, 1.82) is 0 Å². The minimum absolute atomic E-state index is 0.861. The molecule has 1 aromatic carbocycles. The van der Waals surface area contributed by atoms with Crippen molar-refractivity contribution in [3.8, 4) is 0 Å². The van der Waals surface area contributed by atoms with Crippen molar-refractivity contribution < 1.29 is 9.25 Å². The highest BCUT2D eigenvalue weighted by Gasteiger charge is 2.01. The Balaban J connectivity index is 2.52. The fraction of sp³-hybridized carbons (Fsp3) is 0.100. The zero-order chi connectivity index (χ0) is 9.10. The summed E-state index contributed by atoms with van der Waals surface area (Å²) in [4.78, 5) is 4.59. The molecule has 66 valence electrons. The van der Waals surface area contributed by atoms with Crippen molar-refractivity contribution >= 4 is 17.2 Å². The maximum Gasteiger partial charge on any atom is 0.134 e. The van der Waals surface area contributed by atoms with E-state index in [-0.39, 0.29) is 0 Å². The van der Waals surface area contributed by atoms with Crippen LogP contribution in [0.25, 0.3) is 11.0 Å². The molecule has 0 spiro atoms. The van der Waals surface area contributed by atoms with Crippen molar-refractivity contribution in [2.24, 2.45) is 5.16 Å².